The van der Waals surface area contributed by atoms with Crippen LogP contribution < -0.4 is 5.32 Å². The Morgan fingerprint density at radius 3 is 3.11 bits per heavy atom. The van der Waals surface area contributed by atoms with Crippen molar-refractivity contribution in [2.24, 2.45) is 0 Å². The van der Waals surface area contributed by atoms with Gasteiger partial charge in [-0.1, -0.05) is 15.9 Å². The van der Waals surface area contributed by atoms with Gasteiger partial charge in [-0.05, 0) is 25.2 Å². The zero-order chi connectivity index (χ0) is 13.1. The van der Waals surface area contributed by atoms with Crippen LogP contribution in [0, 0.1) is 5.82 Å². The number of nitrogens with zero attached hydrogens (tertiary/aromatic N) is 1. The quantitative estimate of drug-likeness (QED) is 0.867. The summed E-state index contributed by atoms with van der Waals surface area (Å²) in [6.45, 7) is 2.63. The van der Waals surface area contributed by atoms with Crippen LogP contribution in [0.5, 0.6) is 0 Å². The van der Waals surface area contributed by atoms with Crippen LogP contribution >= 0.6 is 15.9 Å². The lowest BCUT2D eigenvalue weighted by Crippen LogP contribution is -2.50. The van der Waals surface area contributed by atoms with E-state index in [-0.39, 0.29) is 17.4 Å². The Balaban J connectivity index is 2.09. The normalized spacial score (nSPS) is 20.9. The molecule has 1 aliphatic rings. The SMILES string of the molecule is CN1CCNCC1CC(=O)c1cc(Br)ccc1F. The number of halogens is 2. The van der Waals surface area contributed by atoms with E-state index in [4.69, 9.17) is 0 Å². The standard InChI is InChI=1S/C13H16BrFN2O/c1-17-5-4-16-8-10(17)7-13(18)11-6-9(14)2-3-12(11)15/h2-3,6,10,16H,4-5,7-8H2,1H3. The molecule has 1 N–H and O–H groups in total. The van der Waals surface area contributed by atoms with E-state index in [1.54, 1.807) is 12.1 Å². The highest BCUT2D eigenvalue weighted by atomic mass is 79.9. The maximum atomic E-state index is 13.6. The van der Waals surface area contributed by atoms with E-state index in [0.717, 1.165) is 24.1 Å². The van der Waals surface area contributed by atoms with E-state index in [1.165, 1.54) is 6.07 Å². The number of ketones is 1. The van der Waals surface area contributed by atoms with Crippen molar-refractivity contribution in [2.75, 3.05) is 26.7 Å². The summed E-state index contributed by atoms with van der Waals surface area (Å²) in [6.07, 6.45) is 0.344. The molecular formula is C13H16BrFN2O. The maximum Gasteiger partial charge on any atom is 0.167 e. The Bertz CT molecular complexity index is 453. The third-order valence-corrected chi connectivity index (χ3v) is 3.79. The third kappa shape index (κ3) is 3.16. The van der Waals surface area contributed by atoms with Crippen molar-refractivity contribution in [3.8, 4) is 0 Å². The van der Waals surface area contributed by atoms with E-state index >= 15 is 0 Å². The fraction of sp³-hybridized carbons (Fsp3) is 0.462. The van der Waals surface area contributed by atoms with E-state index in [2.05, 4.69) is 26.1 Å². The lowest BCUT2D eigenvalue weighted by molar-refractivity contribution is 0.0913. The predicted molar refractivity (Wildman–Crippen MR) is 72.3 cm³/mol. The average Bonchev–Trinajstić information content (AvgIpc) is 2.35. The molecule has 0 spiro atoms. The van der Waals surface area contributed by atoms with Gasteiger partial charge in [0, 0.05) is 36.6 Å². The lowest BCUT2D eigenvalue weighted by atomic mass is 10.0. The summed E-state index contributed by atoms with van der Waals surface area (Å²) in [7, 11) is 2.00. The summed E-state index contributed by atoms with van der Waals surface area (Å²) in [5, 5.41) is 3.25. The summed E-state index contributed by atoms with van der Waals surface area (Å²) < 4.78 is 14.3. The number of likely N-dealkylation sites (N-methyl/N-ethyl adjacent to an activating group) is 1. The average molecular weight is 315 g/mol. The van der Waals surface area contributed by atoms with E-state index in [9.17, 15) is 9.18 Å². The van der Waals surface area contributed by atoms with Crippen molar-refractivity contribution in [1.29, 1.82) is 0 Å². The van der Waals surface area contributed by atoms with Crippen LogP contribution in [0.3, 0.4) is 0 Å². The van der Waals surface area contributed by atoms with Gasteiger partial charge in [-0.3, -0.25) is 4.79 Å². The van der Waals surface area contributed by atoms with Gasteiger partial charge in [0.05, 0.1) is 5.56 Å². The Hall–Kier alpha value is -0.780. The van der Waals surface area contributed by atoms with Gasteiger partial charge in [0.2, 0.25) is 0 Å². The molecule has 5 heteroatoms. The first-order valence-electron chi connectivity index (χ1n) is 5.97. The highest BCUT2D eigenvalue weighted by molar-refractivity contribution is 9.10. The zero-order valence-electron chi connectivity index (χ0n) is 10.2. The Morgan fingerprint density at radius 1 is 1.61 bits per heavy atom. The van der Waals surface area contributed by atoms with Gasteiger partial charge in [-0.15, -0.1) is 0 Å². The third-order valence-electron chi connectivity index (χ3n) is 3.29. The van der Waals surface area contributed by atoms with Gasteiger partial charge in [0.15, 0.2) is 5.78 Å². The van der Waals surface area contributed by atoms with Crippen molar-refractivity contribution >= 4 is 21.7 Å². The monoisotopic (exact) mass is 314 g/mol. The molecule has 0 saturated carbocycles. The minimum Gasteiger partial charge on any atom is -0.314 e. The number of piperazine rings is 1. The van der Waals surface area contributed by atoms with Crippen LogP contribution in [-0.2, 0) is 0 Å². The van der Waals surface area contributed by atoms with Gasteiger partial charge >= 0.3 is 0 Å². The number of carbonyl (C=O) groups excluding carboxylic acids is 1. The van der Waals surface area contributed by atoms with Crippen molar-refractivity contribution in [2.45, 2.75) is 12.5 Å². The summed E-state index contributed by atoms with van der Waals surface area (Å²) in [5.74, 6) is -0.594. The Labute approximate surface area is 114 Å². The van der Waals surface area contributed by atoms with Gasteiger partial charge in [0.1, 0.15) is 5.82 Å². The molecule has 0 radical (unpaired) electrons. The molecule has 2 rings (SSSR count). The first-order chi connectivity index (χ1) is 8.58. The molecule has 1 saturated heterocycles. The highest BCUT2D eigenvalue weighted by Gasteiger charge is 2.23. The van der Waals surface area contributed by atoms with E-state index < -0.39 is 5.82 Å². The first kappa shape index (κ1) is 13.6. The van der Waals surface area contributed by atoms with Crippen molar-refractivity contribution in [3.05, 3.63) is 34.1 Å². The predicted octanol–water partition coefficient (Wildman–Crippen LogP) is 2.06. The van der Waals surface area contributed by atoms with Crippen LogP contribution in [0.2, 0.25) is 0 Å². The zero-order valence-corrected chi connectivity index (χ0v) is 11.8. The molecule has 1 unspecified atom stereocenters. The number of hydrogen-bond donors (Lipinski definition) is 1. The number of nitrogens with one attached hydrogen (secondary N) is 1. The summed E-state index contributed by atoms with van der Waals surface area (Å²) in [5.41, 5.74) is 0.170. The molecule has 1 heterocycles. The van der Waals surface area contributed by atoms with E-state index in [0.29, 0.717) is 6.42 Å². The fourth-order valence-corrected chi connectivity index (χ4v) is 2.49. The topological polar surface area (TPSA) is 32.3 Å². The maximum absolute atomic E-state index is 13.6. The minimum atomic E-state index is -0.449. The van der Waals surface area contributed by atoms with Crippen LogP contribution in [0.1, 0.15) is 16.8 Å². The molecule has 1 atom stereocenters. The number of hydrogen-bond acceptors (Lipinski definition) is 3. The van der Waals surface area contributed by atoms with Crippen LogP contribution in [0.4, 0.5) is 4.39 Å². The lowest BCUT2D eigenvalue weighted by Gasteiger charge is -2.32. The molecule has 0 bridgehead atoms. The molecule has 18 heavy (non-hydrogen) atoms. The van der Waals surface area contributed by atoms with Crippen LogP contribution in [-0.4, -0.2) is 43.4 Å². The number of rotatable bonds is 3. The molecule has 98 valence electrons. The number of Topliss-reactive ketones (excluding diaryl/α,β-unsaturated/α-hetero) is 1. The molecule has 0 aromatic heterocycles. The first-order valence-corrected chi connectivity index (χ1v) is 6.76. The second kappa shape index (κ2) is 5.91. The van der Waals surface area contributed by atoms with Gasteiger partial charge in [-0.25, -0.2) is 4.39 Å². The highest BCUT2D eigenvalue weighted by Crippen LogP contribution is 2.18. The largest absolute Gasteiger partial charge is 0.314 e. The van der Waals surface area contributed by atoms with Gasteiger partial charge in [-0.2, -0.15) is 0 Å². The number of benzene rings is 1. The van der Waals surface area contributed by atoms with Crippen LogP contribution in [0.15, 0.2) is 22.7 Å². The molecule has 1 aromatic carbocycles. The Morgan fingerprint density at radius 2 is 2.39 bits per heavy atom. The summed E-state index contributed by atoms with van der Waals surface area (Å²) in [6, 6.07) is 4.61. The van der Waals surface area contributed by atoms with Gasteiger partial charge < -0.3 is 10.2 Å². The minimum absolute atomic E-state index is 0.143. The molecule has 3 nitrogen and oxygen atoms in total. The van der Waals surface area contributed by atoms with Crippen molar-refractivity contribution in [1.82, 2.24) is 10.2 Å². The van der Waals surface area contributed by atoms with Gasteiger partial charge in [0.25, 0.3) is 0 Å². The second-order valence-electron chi connectivity index (χ2n) is 4.59. The molecular weight excluding hydrogens is 299 g/mol. The molecule has 1 aliphatic heterocycles. The molecule has 1 aromatic rings. The molecule has 0 amide bonds. The second-order valence-corrected chi connectivity index (χ2v) is 5.51. The van der Waals surface area contributed by atoms with Crippen LogP contribution in [0.25, 0.3) is 0 Å². The molecule has 1 fully saturated rings. The smallest absolute Gasteiger partial charge is 0.167 e. The molecule has 0 aliphatic carbocycles. The van der Waals surface area contributed by atoms with E-state index in [1.807, 2.05) is 7.05 Å². The number of carbonyl (C=O) groups is 1. The van der Waals surface area contributed by atoms with Crippen molar-refractivity contribution in [3.63, 3.8) is 0 Å². The fourth-order valence-electron chi connectivity index (χ4n) is 2.13. The summed E-state index contributed by atoms with van der Waals surface area (Å²) in [4.78, 5) is 14.3. The summed E-state index contributed by atoms with van der Waals surface area (Å²) >= 11 is 3.26. The van der Waals surface area contributed by atoms with Crippen molar-refractivity contribution < 1.29 is 9.18 Å². The Kier molecular flexibility index (Phi) is 4.48.